The first-order chi connectivity index (χ1) is 10.0. The Hall–Kier alpha value is -0.520. The standard InChI is InChI=1S/C16H22Br2O3/c1-3-13-11-14(19)10-12(2)16(13)21-8-5-4-7-20-9-6-15(17)18/h6,10-11,19H,3-5,7-9H2,1-2H3. The van der Waals surface area contributed by atoms with E-state index in [0.717, 1.165) is 46.1 Å². The van der Waals surface area contributed by atoms with Crippen LogP contribution < -0.4 is 4.74 Å². The lowest BCUT2D eigenvalue weighted by atomic mass is 10.1. The summed E-state index contributed by atoms with van der Waals surface area (Å²) in [5, 5.41) is 9.60. The van der Waals surface area contributed by atoms with Crippen LogP contribution in [0.4, 0.5) is 0 Å². The molecule has 0 atom stereocenters. The number of unbranched alkanes of at least 4 members (excludes halogenated alkanes) is 1. The molecule has 0 heterocycles. The third-order valence-electron chi connectivity index (χ3n) is 3.00. The SMILES string of the molecule is CCc1cc(O)cc(C)c1OCCCCOCC=C(Br)Br. The van der Waals surface area contributed by atoms with Gasteiger partial charge in [-0.3, -0.25) is 0 Å². The number of rotatable bonds is 9. The van der Waals surface area contributed by atoms with Crippen molar-refractivity contribution in [3.63, 3.8) is 0 Å². The summed E-state index contributed by atoms with van der Waals surface area (Å²) in [7, 11) is 0. The van der Waals surface area contributed by atoms with Crippen molar-refractivity contribution in [3.05, 3.63) is 32.7 Å². The number of phenols is 1. The molecule has 1 aromatic carbocycles. The average molecular weight is 422 g/mol. The van der Waals surface area contributed by atoms with Crippen LogP contribution in [0.1, 0.15) is 30.9 Å². The summed E-state index contributed by atoms with van der Waals surface area (Å²) in [4.78, 5) is 0. The van der Waals surface area contributed by atoms with Crippen LogP contribution in [-0.4, -0.2) is 24.9 Å². The van der Waals surface area contributed by atoms with Gasteiger partial charge in [0.1, 0.15) is 11.5 Å². The minimum absolute atomic E-state index is 0.302. The molecule has 1 N–H and O–H groups in total. The Morgan fingerprint density at radius 2 is 1.95 bits per heavy atom. The van der Waals surface area contributed by atoms with Crippen LogP contribution in [0.15, 0.2) is 21.6 Å². The molecule has 0 bridgehead atoms. The van der Waals surface area contributed by atoms with Gasteiger partial charge in [0, 0.05) is 6.61 Å². The van der Waals surface area contributed by atoms with E-state index >= 15 is 0 Å². The average Bonchev–Trinajstić information content (AvgIpc) is 2.42. The third-order valence-corrected chi connectivity index (χ3v) is 3.65. The summed E-state index contributed by atoms with van der Waals surface area (Å²) in [5.41, 5.74) is 2.03. The molecule has 0 spiro atoms. The summed E-state index contributed by atoms with van der Waals surface area (Å²) in [6.45, 7) is 6.01. The molecule has 1 aromatic rings. The van der Waals surface area contributed by atoms with Crippen LogP contribution in [0.5, 0.6) is 11.5 Å². The van der Waals surface area contributed by atoms with Crippen LogP contribution in [0, 0.1) is 6.92 Å². The quantitative estimate of drug-likeness (QED) is 0.565. The first kappa shape index (κ1) is 18.5. The summed E-state index contributed by atoms with van der Waals surface area (Å²) in [6, 6.07) is 3.51. The van der Waals surface area contributed by atoms with Gasteiger partial charge < -0.3 is 14.6 Å². The minimum Gasteiger partial charge on any atom is -0.508 e. The van der Waals surface area contributed by atoms with Gasteiger partial charge in [-0.05, 0) is 87.4 Å². The summed E-state index contributed by atoms with van der Waals surface area (Å²) < 4.78 is 12.2. The van der Waals surface area contributed by atoms with Crippen LogP contribution in [0.2, 0.25) is 0 Å². The van der Waals surface area contributed by atoms with Gasteiger partial charge in [0.25, 0.3) is 0 Å². The molecule has 0 aromatic heterocycles. The van der Waals surface area contributed by atoms with E-state index in [1.807, 2.05) is 13.0 Å². The fourth-order valence-corrected chi connectivity index (χ4v) is 2.25. The normalized spacial score (nSPS) is 10.5. The van der Waals surface area contributed by atoms with Gasteiger partial charge in [0.05, 0.1) is 16.6 Å². The fourth-order valence-electron chi connectivity index (χ4n) is 1.98. The van der Waals surface area contributed by atoms with E-state index in [2.05, 4.69) is 38.8 Å². The highest BCUT2D eigenvalue weighted by Gasteiger charge is 2.08. The van der Waals surface area contributed by atoms with Crippen molar-refractivity contribution >= 4 is 31.9 Å². The molecule has 0 amide bonds. The Bertz CT molecular complexity index is 469. The molecule has 118 valence electrons. The van der Waals surface area contributed by atoms with Crippen LogP contribution in [-0.2, 0) is 11.2 Å². The lowest BCUT2D eigenvalue weighted by Crippen LogP contribution is -2.04. The maximum absolute atomic E-state index is 9.60. The first-order valence-corrected chi connectivity index (χ1v) is 8.67. The van der Waals surface area contributed by atoms with Gasteiger partial charge >= 0.3 is 0 Å². The van der Waals surface area contributed by atoms with Crippen LogP contribution in [0.3, 0.4) is 0 Å². The Labute approximate surface area is 143 Å². The van der Waals surface area contributed by atoms with E-state index in [1.165, 1.54) is 0 Å². The van der Waals surface area contributed by atoms with Crippen molar-refractivity contribution in [1.82, 2.24) is 0 Å². The van der Waals surface area contributed by atoms with Gasteiger partial charge in [0.2, 0.25) is 0 Å². The summed E-state index contributed by atoms with van der Waals surface area (Å²) in [5.74, 6) is 1.21. The number of hydrogen-bond donors (Lipinski definition) is 1. The molecule has 21 heavy (non-hydrogen) atoms. The lowest BCUT2D eigenvalue weighted by molar-refractivity contribution is 0.152. The highest BCUT2D eigenvalue weighted by molar-refractivity contribution is 9.28. The van der Waals surface area contributed by atoms with Crippen LogP contribution >= 0.6 is 31.9 Å². The number of halogens is 2. The molecule has 0 aliphatic carbocycles. The molecule has 0 unspecified atom stereocenters. The molecule has 1 rings (SSSR count). The highest BCUT2D eigenvalue weighted by atomic mass is 79.9. The van der Waals surface area contributed by atoms with E-state index < -0.39 is 0 Å². The van der Waals surface area contributed by atoms with Crippen molar-refractivity contribution in [1.29, 1.82) is 0 Å². The van der Waals surface area contributed by atoms with E-state index in [4.69, 9.17) is 9.47 Å². The summed E-state index contributed by atoms with van der Waals surface area (Å²) in [6.07, 6.45) is 4.68. The zero-order chi connectivity index (χ0) is 15.7. The second kappa shape index (κ2) is 10.2. The van der Waals surface area contributed by atoms with Crippen LogP contribution in [0.25, 0.3) is 0 Å². The van der Waals surface area contributed by atoms with Crippen molar-refractivity contribution in [2.24, 2.45) is 0 Å². The third kappa shape index (κ3) is 7.34. The number of phenolic OH excluding ortho intramolecular Hbond substituents is 1. The molecule has 5 heteroatoms. The molecule has 0 aliphatic heterocycles. The topological polar surface area (TPSA) is 38.7 Å². The number of ether oxygens (including phenoxy) is 2. The monoisotopic (exact) mass is 420 g/mol. The number of benzene rings is 1. The molecule has 0 aliphatic rings. The first-order valence-electron chi connectivity index (χ1n) is 7.08. The molecular formula is C16H22Br2O3. The maximum Gasteiger partial charge on any atom is 0.125 e. The van der Waals surface area contributed by atoms with Gasteiger partial charge in [-0.15, -0.1) is 0 Å². The van der Waals surface area contributed by atoms with Crippen molar-refractivity contribution in [2.45, 2.75) is 33.1 Å². The molecule has 0 radical (unpaired) electrons. The molecule has 0 saturated heterocycles. The molecule has 3 nitrogen and oxygen atoms in total. The largest absolute Gasteiger partial charge is 0.508 e. The fraction of sp³-hybridized carbons (Fsp3) is 0.500. The Kier molecular flexibility index (Phi) is 9.04. The van der Waals surface area contributed by atoms with E-state index in [1.54, 1.807) is 12.1 Å². The molecular weight excluding hydrogens is 400 g/mol. The van der Waals surface area contributed by atoms with Gasteiger partial charge in [0.15, 0.2) is 0 Å². The van der Waals surface area contributed by atoms with Gasteiger partial charge in [-0.2, -0.15) is 0 Å². The Balaban J connectivity index is 2.28. The number of aryl methyl sites for hydroxylation is 2. The van der Waals surface area contributed by atoms with E-state index in [9.17, 15) is 5.11 Å². The second-order valence-electron chi connectivity index (χ2n) is 4.73. The highest BCUT2D eigenvalue weighted by Crippen LogP contribution is 2.29. The predicted octanol–water partition coefficient (Wildman–Crippen LogP) is 5.07. The van der Waals surface area contributed by atoms with E-state index in [0.29, 0.717) is 19.0 Å². The Morgan fingerprint density at radius 3 is 2.62 bits per heavy atom. The predicted molar refractivity (Wildman–Crippen MR) is 93.7 cm³/mol. The Morgan fingerprint density at radius 1 is 1.24 bits per heavy atom. The zero-order valence-corrected chi connectivity index (χ0v) is 15.7. The molecule has 0 fully saturated rings. The van der Waals surface area contributed by atoms with Crippen molar-refractivity contribution < 1.29 is 14.6 Å². The second-order valence-corrected chi connectivity index (χ2v) is 7.50. The number of hydrogen-bond acceptors (Lipinski definition) is 3. The zero-order valence-electron chi connectivity index (χ0n) is 12.5. The van der Waals surface area contributed by atoms with E-state index in [-0.39, 0.29) is 0 Å². The molecule has 0 saturated carbocycles. The van der Waals surface area contributed by atoms with Gasteiger partial charge in [-0.1, -0.05) is 6.92 Å². The smallest absolute Gasteiger partial charge is 0.125 e. The maximum atomic E-state index is 9.60. The minimum atomic E-state index is 0.302. The van der Waals surface area contributed by atoms with Crippen molar-refractivity contribution in [3.8, 4) is 11.5 Å². The van der Waals surface area contributed by atoms with Gasteiger partial charge in [-0.25, -0.2) is 0 Å². The summed E-state index contributed by atoms with van der Waals surface area (Å²) >= 11 is 6.56. The lowest BCUT2D eigenvalue weighted by Gasteiger charge is -2.14. The number of aromatic hydroxyl groups is 1. The van der Waals surface area contributed by atoms with Crippen molar-refractivity contribution in [2.75, 3.05) is 19.8 Å².